The lowest BCUT2D eigenvalue weighted by molar-refractivity contribution is -0.139. The van der Waals surface area contributed by atoms with E-state index in [9.17, 15) is 9.59 Å². The number of nitrogens with one attached hydrogen (secondary N) is 1. The zero-order chi connectivity index (χ0) is 12.4. The third kappa shape index (κ3) is 8.19. The number of unbranched alkanes of at least 4 members (excludes halogenated alkanes) is 2. The predicted molar refractivity (Wildman–Crippen MR) is 59.0 cm³/mol. The van der Waals surface area contributed by atoms with Gasteiger partial charge in [-0.2, -0.15) is 0 Å². The molecule has 0 radical (unpaired) electrons. The highest BCUT2D eigenvalue weighted by molar-refractivity contribution is 5.85. The van der Waals surface area contributed by atoms with Crippen LogP contribution in [0.3, 0.4) is 0 Å². The molecule has 0 fully saturated rings. The maximum absolute atomic E-state index is 11.2. The molecule has 16 heavy (non-hydrogen) atoms. The molecule has 0 saturated heterocycles. The molecule has 0 aliphatic carbocycles. The summed E-state index contributed by atoms with van der Waals surface area (Å²) in [4.78, 5) is 21.5. The van der Waals surface area contributed by atoms with Crippen molar-refractivity contribution in [1.82, 2.24) is 5.32 Å². The molecule has 0 aromatic rings. The Labute approximate surface area is 95.1 Å². The van der Waals surface area contributed by atoms with E-state index < -0.39 is 17.9 Å². The minimum absolute atomic E-state index is 0.338. The lowest BCUT2D eigenvalue weighted by Gasteiger charge is -2.09. The number of nitrogens with two attached hydrogens (primary N) is 1. The summed E-state index contributed by atoms with van der Waals surface area (Å²) in [5.41, 5.74) is 5.37. The summed E-state index contributed by atoms with van der Waals surface area (Å²) in [6.45, 7) is 1.24. The minimum Gasteiger partial charge on any atom is -0.481 e. The van der Waals surface area contributed by atoms with Crippen molar-refractivity contribution >= 4 is 11.9 Å². The number of aliphatic carboxylic acids is 1. The van der Waals surface area contributed by atoms with Crippen LogP contribution in [0.25, 0.3) is 0 Å². The first kappa shape index (κ1) is 14.9. The average molecular weight is 232 g/mol. The normalized spacial score (nSPS) is 12.1. The number of amides is 1. The summed E-state index contributed by atoms with van der Waals surface area (Å²) in [6.07, 6.45) is 2.42. The topological polar surface area (TPSA) is 102 Å². The van der Waals surface area contributed by atoms with Crippen molar-refractivity contribution in [3.63, 3.8) is 0 Å². The molecule has 0 rings (SSSR count). The molecule has 1 unspecified atom stereocenters. The molecular weight excluding hydrogens is 212 g/mol. The lowest BCUT2D eigenvalue weighted by Crippen LogP contribution is -2.42. The van der Waals surface area contributed by atoms with Crippen LogP contribution in [-0.4, -0.2) is 43.3 Å². The van der Waals surface area contributed by atoms with Crippen molar-refractivity contribution in [2.75, 3.05) is 20.3 Å². The van der Waals surface area contributed by atoms with Crippen LogP contribution in [0.5, 0.6) is 0 Å². The molecule has 0 aromatic carbocycles. The van der Waals surface area contributed by atoms with Gasteiger partial charge < -0.3 is 20.9 Å². The largest absolute Gasteiger partial charge is 0.481 e. The van der Waals surface area contributed by atoms with Crippen LogP contribution in [0.4, 0.5) is 0 Å². The highest BCUT2D eigenvalue weighted by atomic mass is 16.5. The summed E-state index contributed by atoms with van der Waals surface area (Å²) in [6, 6.07) is -0.962. The third-order valence-corrected chi connectivity index (χ3v) is 2.06. The van der Waals surface area contributed by atoms with Crippen molar-refractivity contribution in [3.8, 4) is 0 Å². The molecule has 1 amide bonds. The monoisotopic (exact) mass is 232 g/mol. The van der Waals surface area contributed by atoms with Crippen LogP contribution in [-0.2, 0) is 14.3 Å². The molecule has 0 heterocycles. The first-order chi connectivity index (χ1) is 7.57. The molecule has 0 bridgehead atoms. The fraction of sp³-hybridized carbons (Fsp3) is 0.800. The van der Waals surface area contributed by atoms with E-state index in [1.807, 2.05) is 0 Å². The first-order valence-corrected chi connectivity index (χ1v) is 5.32. The molecule has 94 valence electrons. The van der Waals surface area contributed by atoms with E-state index in [4.69, 9.17) is 15.6 Å². The number of rotatable bonds is 9. The summed E-state index contributed by atoms with van der Waals surface area (Å²) < 4.78 is 4.88. The van der Waals surface area contributed by atoms with Gasteiger partial charge in [0.05, 0.1) is 12.5 Å². The lowest BCUT2D eigenvalue weighted by atomic mass is 10.2. The molecule has 0 saturated carbocycles. The summed E-state index contributed by atoms with van der Waals surface area (Å²) in [5, 5.41) is 11.0. The van der Waals surface area contributed by atoms with Gasteiger partial charge in [-0.15, -0.1) is 0 Å². The van der Waals surface area contributed by atoms with E-state index in [1.54, 1.807) is 7.11 Å². The summed E-state index contributed by atoms with van der Waals surface area (Å²) in [5.74, 6) is -1.48. The predicted octanol–water partition coefficient (Wildman–Crippen LogP) is -0.279. The fourth-order valence-corrected chi connectivity index (χ4v) is 1.17. The van der Waals surface area contributed by atoms with Gasteiger partial charge in [-0.25, -0.2) is 0 Å². The fourth-order valence-electron chi connectivity index (χ4n) is 1.17. The second-order valence-electron chi connectivity index (χ2n) is 3.55. The number of carbonyl (C=O) groups excluding carboxylic acids is 1. The Hall–Kier alpha value is -1.14. The zero-order valence-corrected chi connectivity index (χ0v) is 9.57. The van der Waals surface area contributed by atoms with Crippen molar-refractivity contribution in [1.29, 1.82) is 0 Å². The molecule has 6 heteroatoms. The third-order valence-electron chi connectivity index (χ3n) is 2.06. The zero-order valence-electron chi connectivity index (χ0n) is 9.57. The van der Waals surface area contributed by atoms with Gasteiger partial charge in [0.2, 0.25) is 5.91 Å². The van der Waals surface area contributed by atoms with Crippen LogP contribution in [0.2, 0.25) is 0 Å². The highest BCUT2D eigenvalue weighted by Crippen LogP contribution is 1.94. The van der Waals surface area contributed by atoms with Crippen molar-refractivity contribution in [2.45, 2.75) is 31.7 Å². The molecule has 0 aliphatic rings. The summed E-state index contributed by atoms with van der Waals surface area (Å²) in [7, 11) is 1.65. The second kappa shape index (κ2) is 9.11. The van der Waals surface area contributed by atoms with E-state index in [2.05, 4.69) is 5.32 Å². The SMILES string of the molecule is COCCCCCNC(=O)C(N)CC(=O)O. The van der Waals surface area contributed by atoms with Gasteiger partial charge in [-0.1, -0.05) is 0 Å². The van der Waals surface area contributed by atoms with Crippen LogP contribution < -0.4 is 11.1 Å². The maximum Gasteiger partial charge on any atom is 0.305 e. The highest BCUT2D eigenvalue weighted by Gasteiger charge is 2.15. The smallest absolute Gasteiger partial charge is 0.305 e. The van der Waals surface area contributed by atoms with Gasteiger partial charge >= 0.3 is 5.97 Å². The standard InChI is InChI=1S/C10H20N2O4/c1-16-6-4-2-3-5-12-10(15)8(11)7-9(13)14/h8H,2-7,11H2,1H3,(H,12,15)(H,13,14). The first-order valence-electron chi connectivity index (χ1n) is 5.32. The summed E-state index contributed by atoms with van der Waals surface area (Å²) >= 11 is 0. The van der Waals surface area contributed by atoms with Crippen LogP contribution in [0.15, 0.2) is 0 Å². The molecule has 4 N–H and O–H groups in total. The van der Waals surface area contributed by atoms with E-state index in [1.165, 1.54) is 0 Å². The number of hydrogen-bond acceptors (Lipinski definition) is 4. The van der Waals surface area contributed by atoms with E-state index in [0.717, 1.165) is 19.3 Å². The Morgan fingerprint density at radius 1 is 1.38 bits per heavy atom. The van der Waals surface area contributed by atoms with Crippen LogP contribution in [0, 0.1) is 0 Å². The van der Waals surface area contributed by atoms with E-state index in [0.29, 0.717) is 13.2 Å². The maximum atomic E-state index is 11.2. The Bertz CT molecular complexity index is 221. The van der Waals surface area contributed by atoms with Gasteiger partial charge in [-0.05, 0) is 19.3 Å². The minimum atomic E-state index is -1.07. The number of carboxylic acids is 1. The van der Waals surface area contributed by atoms with Crippen LogP contribution in [0.1, 0.15) is 25.7 Å². The molecular formula is C10H20N2O4. The molecule has 0 aromatic heterocycles. The number of methoxy groups -OCH3 is 1. The Balaban J connectivity index is 3.46. The average Bonchev–Trinajstić information content (AvgIpc) is 2.21. The Morgan fingerprint density at radius 2 is 2.06 bits per heavy atom. The number of carbonyl (C=O) groups is 2. The van der Waals surface area contributed by atoms with Gasteiger partial charge in [0.1, 0.15) is 0 Å². The number of ether oxygens (including phenoxy) is 1. The van der Waals surface area contributed by atoms with Crippen molar-refractivity contribution in [2.24, 2.45) is 5.73 Å². The Morgan fingerprint density at radius 3 is 2.62 bits per heavy atom. The van der Waals surface area contributed by atoms with Gasteiger partial charge in [0.25, 0.3) is 0 Å². The van der Waals surface area contributed by atoms with Crippen LogP contribution >= 0.6 is 0 Å². The number of hydrogen-bond donors (Lipinski definition) is 3. The number of carboxylic acid groups (broad SMARTS) is 1. The van der Waals surface area contributed by atoms with E-state index >= 15 is 0 Å². The van der Waals surface area contributed by atoms with Gasteiger partial charge in [0.15, 0.2) is 0 Å². The molecule has 0 spiro atoms. The molecule has 0 aliphatic heterocycles. The Kier molecular flexibility index (Phi) is 8.46. The van der Waals surface area contributed by atoms with Gasteiger partial charge in [-0.3, -0.25) is 9.59 Å². The van der Waals surface area contributed by atoms with Gasteiger partial charge in [0, 0.05) is 20.3 Å². The van der Waals surface area contributed by atoms with E-state index in [-0.39, 0.29) is 6.42 Å². The van der Waals surface area contributed by atoms with Crippen molar-refractivity contribution in [3.05, 3.63) is 0 Å². The second-order valence-corrected chi connectivity index (χ2v) is 3.55. The quantitative estimate of drug-likeness (QED) is 0.475. The molecule has 1 atom stereocenters. The molecule has 6 nitrogen and oxygen atoms in total. The van der Waals surface area contributed by atoms with Crippen molar-refractivity contribution < 1.29 is 19.4 Å².